The van der Waals surface area contributed by atoms with Crippen molar-refractivity contribution in [2.45, 2.75) is 45.4 Å². The Morgan fingerprint density at radius 2 is 1.96 bits per heavy atom. The largest absolute Gasteiger partial charge is 0.390 e. The lowest BCUT2D eigenvalue weighted by atomic mass is 9.90. The third-order valence-corrected chi connectivity index (χ3v) is 5.12. The monoisotopic (exact) mass is 383 g/mol. The van der Waals surface area contributed by atoms with Gasteiger partial charge in [0.1, 0.15) is 11.6 Å². The van der Waals surface area contributed by atoms with Gasteiger partial charge >= 0.3 is 0 Å². The maximum Gasteiger partial charge on any atom is 0.265 e. The number of carbonyl (C=O) groups is 1. The van der Waals surface area contributed by atoms with Crippen LogP contribution < -0.4 is 5.32 Å². The van der Waals surface area contributed by atoms with Crippen LogP contribution >= 0.6 is 0 Å². The summed E-state index contributed by atoms with van der Waals surface area (Å²) in [5.74, 6) is 0.444. The third-order valence-electron chi connectivity index (χ3n) is 5.12. The third kappa shape index (κ3) is 7.74. The van der Waals surface area contributed by atoms with Crippen LogP contribution in [0.25, 0.3) is 0 Å². The first-order valence-electron chi connectivity index (χ1n) is 10.5. The minimum absolute atomic E-state index is 0.160. The fourth-order valence-corrected chi connectivity index (χ4v) is 3.40. The SMILES string of the molecule is CCCCOCCCN/C=C(/C#N)C(=O)N1CCC(Cc2ccccc2)CC1. The van der Waals surface area contributed by atoms with E-state index < -0.39 is 0 Å². The second-order valence-electron chi connectivity index (χ2n) is 7.37. The van der Waals surface area contributed by atoms with Gasteiger partial charge in [-0.25, -0.2) is 0 Å². The van der Waals surface area contributed by atoms with E-state index in [1.165, 1.54) is 5.56 Å². The molecule has 152 valence electrons. The van der Waals surface area contributed by atoms with Gasteiger partial charge in [-0.3, -0.25) is 4.79 Å². The van der Waals surface area contributed by atoms with E-state index in [0.29, 0.717) is 19.1 Å². The molecule has 1 heterocycles. The van der Waals surface area contributed by atoms with Crippen molar-refractivity contribution in [2.24, 2.45) is 5.92 Å². The highest BCUT2D eigenvalue weighted by atomic mass is 16.5. The highest BCUT2D eigenvalue weighted by molar-refractivity contribution is 5.97. The predicted octanol–water partition coefficient (Wildman–Crippen LogP) is 3.67. The Morgan fingerprint density at radius 3 is 2.64 bits per heavy atom. The standard InChI is InChI=1S/C23H33N3O2/c1-2-3-15-28-16-7-12-25-19-22(18-24)23(27)26-13-10-21(11-14-26)17-20-8-5-4-6-9-20/h4-6,8-9,19,21,25H,2-3,7,10-17H2,1H3/b22-19-. The van der Waals surface area contributed by atoms with E-state index in [9.17, 15) is 10.1 Å². The summed E-state index contributed by atoms with van der Waals surface area (Å²) in [4.78, 5) is 14.4. The average Bonchev–Trinajstić information content (AvgIpc) is 2.73. The molecule has 1 aliphatic heterocycles. The Bertz CT molecular complexity index is 644. The van der Waals surface area contributed by atoms with Crippen LogP contribution in [0.4, 0.5) is 0 Å². The van der Waals surface area contributed by atoms with E-state index in [1.807, 2.05) is 17.0 Å². The van der Waals surface area contributed by atoms with Crippen molar-refractivity contribution in [3.8, 4) is 6.07 Å². The Kier molecular flexibility index (Phi) is 10.2. The average molecular weight is 384 g/mol. The molecule has 5 nitrogen and oxygen atoms in total. The number of amides is 1. The zero-order valence-corrected chi connectivity index (χ0v) is 17.0. The number of nitrogens with zero attached hydrogens (tertiary/aromatic N) is 2. The Morgan fingerprint density at radius 1 is 1.25 bits per heavy atom. The summed E-state index contributed by atoms with van der Waals surface area (Å²) >= 11 is 0. The van der Waals surface area contributed by atoms with E-state index in [4.69, 9.17) is 4.74 Å². The summed E-state index contributed by atoms with van der Waals surface area (Å²) in [6.07, 6.45) is 7.68. The second kappa shape index (κ2) is 13.0. The first kappa shape index (κ1) is 22.0. The number of likely N-dealkylation sites (tertiary alicyclic amines) is 1. The molecular formula is C23H33N3O2. The lowest BCUT2D eigenvalue weighted by Gasteiger charge is -2.32. The molecule has 1 N–H and O–H groups in total. The highest BCUT2D eigenvalue weighted by Gasteiger charge is 2.25. The smallest absolute Gasteiger partial charge is 0.265 e. The maximum absolute atomic E-state index is 12.6. The number of piperidine rings is 1. The van der Waals surface area contributed by atoms with Crippen LogP contribution in [0.1, 0.15) is 44.6 Å². The summed E-state index contributed by atoms with van der Waals surface area (Å²) in [7, 11) is 0. The molecule has 2 rings (SSSR count). The Labute approximate surface area is 169 Å². The molecule has 1 aromatic rings. The Balaban J connectivity index is 1.69. The molecule has 0 unspecified atom stereocenters. The first-order chi connectivity index (χ1) is 13.7. The van der Waals surface area contributed by atoms with E-state index in [-0.39, 0.29) is 11.5 Å². The van der Waals surface area contributed by atoms with Gasteiger partial charge in [-0.2, -0.15) is 5.26 Å². The highest BCUT2D eigenvalue weighted by Crippen LogP contribution is 2.22. The minimum Gasteiger partial charge on any atom is -0.390 e. The number of unbranched alkanes of at least 4 members (excludes halogenated alkanes) is 1. The number of benzene rings is 1. The number of carbonyl (C=O) groups excluding carboxylic acids is 1. The van der Waals surface area contributed by atoms with Crippen LogP contribution in [0.3, 0.4) is 0 Å². The van der Waals surface area contributed by atoms with Crippen LogP contribution in [0.15, 0.2) is 42.1 Å². The quantitative estimate of drug-likeness (QED) is 0.360. The molecule has 1 amide bonds. The number of nitrogens with one attached hydrogen (secondary N) is 1. The van der Waals surface area contributed by atoms with Gasteiger partial charge in [0.25, 0.3) is 5.91 Å². The Hall–Kier alpha value is -2.32. The molecule has 0 radical (unpaired) electrons. The summed E-state index contributed by atoms with van der Waals surface area (Å²) < 4.78 is 5.50. The lowest BCUT2D eigenvalue weighted by Crippen LogP contribution is -2.39. The van der Waals surface area contributed by atoms with E-state index in [1.54, 1.807) is 6.20 Å². The summed E-state index contributed by atoms with van der Waals surface area (Å²) in [5.41, 5.74) is 1.54. The molecule has 1 saturated heterocycles. The van der Waals surface area contributed by atoms with Gasteiger partial charge in [0.15, 0.2) is 0 Å². The van der Waals surface area contributed by atoms with E-state index in [0.717, 1.165) is 58.2 Å². The molecule has 0 saturated carbocycles. The van der Waals surface area contributed by atoms with E-state index in [2.05, 4.69) is 36.5 Å². The zero-order valence-electron chi connectivity index (χ0n) is 17.0. The van der Waals surface area contributed by atoms with Crippen LogP contribution in [-0.4, -0.2) is 43.7 Å². The molecule has 1 aromatic carbocycles. The number of nitriles is 1. The van der Waals surface area contributed by atoms with Crippen LogP contribution in [0.5, 0.6) is 0 Å². The van der Waals surface area contributed by atoms with Crippen molar-refractivity contribution in [1.82, 2.24) is 10.2 Å². The lowest BCUT2D eigenvalue weighted by molar-refractivity contribution is -0.128. The number of hydrogen-bond donors (Lipinski definition) is 1. The molecule has 5 heteroatoms. The molecule has 1 aliphatic rings. The van der Waals surface area contributed by atoms with Gasteiger partial charge in [-0.15, -0.1) is 0 Å². The molecule has 0 aromatic heterocycles. The van der Waals surface area contributed by atoms with Crippen molar-refractivity contribution in [2.75, 3.05) is 32.8 Å². The molecule has 0 bridgehead atoms. The predicted molar refractivity (Wildman–Crippen MR) is 111 cm³/mol. The van der Waals surface area contributed by atoms with Crippen molar-refractivity contribution in [3.63, 3.8) is 0 Å². The van der Waals surface area contributed by atoms with Crippen LogP contribution in [-0.2, 0) is 16.0 Å². The molecule has 28 heavy (non-hydrogen) atoms. The van der Waals surface area contributed by atoms with Crippen molar-refractivity contribution in [1.29, 1.82) is 5.26 Å². The zero-order chi connectivity index (χ0) is 20.0. The number of hydrogen-bond acceptors (Lipinski definition) is 4. The molecular weight excluding hydrogens is 350 g/mol. The van der Waals surface area contributed by atoms with Crippen molar-refractivity contribution >= 4 is 5.91 Å². The van der Waals surface area contributed by atoms with Crippen LogP contribution in [0.2, 0.25) is 0 Å². The van der Waals surface area contributed by atoms with Gasteiger partial charge < -0.3 is 15.0 Å². The van der Waals surface area contributed by atoms with Crippen LogP contribution in [0, 0.1) is 17.2 Å². The molecule has 1 fully saturated rings. The number of rotatable bonds is 11. The minimum atomic E-state index is -0.160. The second-order valence-corrected chi connectivity index (χ2v) is 7.37. The van der Waals surface area contributed by atoms with Gasteiger partial charge in [-0.1, -0.05) is 43.7 Å². The number of ether oxygens (including phenoxy) is 1. The summed E-state index contributed by atoms with van der Waals surface area (Å²) in [6, 6.07) is 12.5. The van der Waals surface area contributed by atoms with Gasteiger partial charge in [-0.05, 0) is 43.6 Å². The fourth-order valence-electron chi connectivity index (χ4n) is 3.40. The molecule has 0 spiro atoms. The summed E-state index contributed by atoms with van der Waals surface area (Å²) in [5, 5.41) is 12.4. The van der Waals surface area contributed by atoms with Crippen molar-refractivity contribution < 1.29 is 9.53 Å². The van der Waals surface area contributed by atoms with Gasteiger partial charge in [0, 0.05) is 39.0 Å². The topological polar surface area (TPSA) is 65.4 Å². The molecule has 0 aliphatic carbocycles. The van der Waals surface area contributed by atoms with E-state index >= 15 is 0 Å². The normalized spacial score (nSPS) is 15.3. The first-order valence-corrected chi connectivity index (χ1v) is 10.5. The fraction of sp³-hybridized carbons (Fsp3) is 0.565. The van der Waals surface area contributed by atoms with Gasteiger partial charge in [0.2, 0.25) is 0 Å². The maximum atomic E-state index is 12.6. The van der Waals surface area contributed by atoms with Gasteiger partial charge in [0.05, 0.1) is 0 Å². The van der Waals surface area contributed by atoms with Crippen molar-refractivity contribution in [3.05, 3.63) is 47.7 Å². The molecule has 0 atom stereocenters. The summed E-state index contributed by atoms with van der Waals surface area (Å²) in [6.45, 7) is 5.78.